The number of cyclic esters (lactones) is 1. The van der Waals surface area contributed by atoms with Crippen molar-refractivity contribution in [1.29, 1.82) is 0 Å². The Morgan fingerprint density at radius 3 is 2.12 bits per heavy atom. The first-order valence-corrected chi connectivity index (χ1v) is 19.1. The van der Waals surface area contributed by atoms with Gasteiger partial charge in [-0.2, -0.15) is 0 Å². The molecule has 3 rings (SSSR count). The van der Waals surface area contributed by atoms with Gasteiger partial charge in [0.05, 0.1) is 41.5 Å². The third-order valence-electron chi connectivity index (χ3n) is 12.2. The Hall–Kier alpha value is -1.01. The van der Waals surface area contributed by atoms with Gasteiger partial charge in [0.2, 0.25) is 0 Å². The molecule has 18 atom stereocenters. The zero-order valence-electron chi connectivity index (χ0n) is 34.2. The summed E-state index contributed by atoms with van der Waals surface area (Å²) in [4.78, 5) is 18.0. The van der Waals surface area contributed by atoms with Gasteiger partial charge < -0.3 is 63.8 Å². The smallest absolute Gasteiger partial charge is 0.311 e. The quantitative estimate of drug-likeness (QED) is 0.238. The number of aliphatic hydroxyl groups is 5. The number of hydrogen-bond donors (Lipinski definition) is 5. The van der Waals surface area contributed by atoms with Crippen LogP contribution in [0.15, 0.2) is 0 Å². The highest BCUT2D eigenvalue weighted by Gasteiger charge is 2.52. The first-order chi connectivity index (χ1) is 23.9. The van der Waals surface area contributed by atoms with E-state index in [9.17, 15) is 30.3 Å². The summed E-state index contributed by atoms with van der Waals surface area (Å²) >= 11 is 0. The molecule has 0 aromatic rings. The molecule has 3 aliphatic rings. The van der Waals surface area contributed by atoms with E-state index in [4.69, 9.17) is 28.4 Å². The van der Waals surface area contributed by atoms with Gasteiger partial charge in [0.15, 0.2) is 12.6 Å². The van der Waals surface area contributed by atoms with Gasteiger partial charge in [-0.05, 0) is 94.8 Å². The Bertz CT molecular complexity index is 1140. The van der Waals surface area contributed by atoms with Crippen molar-refractivity contribution >= 4 is 5.97 Å². The van der Waals surface area contributed by atoms with Crippen LogP contribution in [0.4, 0.5) is 0 Å². The summed E-state index contributed by atoms with van der Waals surface area (Å²) in [5.74, 6) is -2.58. The molecule has 0 saturated carbocycles. The molecule has 0 spiro atoms. The lowest BCUT2D eigenvalue weighted by molar-refractivity contribution is -0.318. The van der Waals surface area contributed by atoms with Crippen molar-refractivity contribution in [3.8, 4) is 0 Å². The summed E-state index contributed by atoms with van der Waals surface area (Å²) in [6.07, 6.45) is -8.19. The van der Waals surface area contributed by atoms with Crippen molar-refractivity contribution in [3.05, 3.63) is 0 Å². The fourth-order valence-corrected chi connectivity index (χ4v) is 8.74. The van der Waals surface area contributed by atoms with Crippen LogP contribution in [-0.2, 0) is 33.2 Å². The van der Waals surface area contributed by atoms with E-state index in [0.717, 1.165) is 0 Å². The molecule has 3 heterocycles. The van der Waals surface area contributed by atoms with Crippen molar-refractivity contribution in [2.45, 2.75) is 185 Å². The Morgan fingerprint density at radius 1 is 0.942 bits per heavy atom. The molecule has 0 aromatic heterocycles. The van der Waals surface area contributed by atoms with Crippen molar-refractivity contribution < 1.29 is 58.7 Å². The molecule has 3 aliphatic heterocycles. The molecule has 0 aromatic carbocycles. The molecule has 0 unspecified atom stereocenters. The first-order valence-electron chi connectivity index (χ1n) is 19.1. The molecule has 14 nitrogen and oxygen atoms in total. The predicted octanol–water partition coefficient (Wildman–Crippen LogP) is 1.90. The minimum atomic E-state index is -1.80. The second-order valence-corrected chi connectivity index (χ2v) is 17.2. The van der Waals surface area contributed by atoms with Crippen molar-refractivity contribution in [2.75, 3.05) is 34.8 Å². The van der Waals surface area contributed by atoms with Gasteiger partial charge in [0, 0.05) is 38.1 Å². The highest BCUT2D eigenvalue weighted by molar-refractivity contribution is 5.73. The number of aliphatic hydroxyl groups excluding tert-OH is 3. The van der Waals surface area contributed by atoms with Crippen LogP contribution in [-0.4, -0.2) is 166 Å². The average Bonchev–Trinajstić information content (AvgIpc) is 3.05. The number of likely N-dealkylation sites (N-methyl/N-ethyl adjacent to an activating group) is 2. The number of rotatable bonds is 7. The molecule has 306 valence electrons. The van der Waals surface area contributed by atoms with Crippen LogP contribution < -0.4 is 0 Å². The van der Waals surface area contributed by atoms with Gasteiger partial charge in [0.1, 0.15) is 30.0 Å². The van der Waals surface area contributed by atoms with E-state index < -0.39 is 96.0 Å². The van der Waals surface area contributed by atoms with Crippen LogP contribution in [0.3, 0.4) is 0 Å². The Labute approximate surface area is 312 Å². The maximum Gasteiger partial charge on any atom is 0.311 e. The average molecular weight is 749 g/mol. The number of nitrogens with zero attached hydrogens (tertiary/aromatic N) is 2. The highest BCUT2D eigenvalue weighted by atomic mass is 16.7. The van der Waals surface area contributed by atoms with Gasteiger partial charge in [-0.15, -0.1) is 0 Å². The monoisotopic (exact) mass is 749 g/mol. The Balaban J connectivity index is 2.17. The largest absolute Gasteiger partial charge is 0.459 e. The number of carbonyl (C=O) groups is 1. The van der Waals surface area contributed by atoms with Crippen LogP contribution >= 0.6 is 0 Å². The fraction of sp³-hybridized carbons (Fsp3) is 0.974. The van der Waals surface area contributed by atoms with E-state index in [2.05, 4.69) is 0 Å². The lowest BCUT2D eigenvalue weighted by Gasteiger charge is -2.48. The zero-order chi connectivity index (χ0) is 39.7. The van der Waals surface area contributed by atoms with Gasteiger partial charge in [0.25, 0.3) is 0 Å². The summed E-state index contributed by atoms with van der Waals surface area (Å²) in [5.41, 5.74) is -4.37. The van der Waals surface area contributed by atoms with E-state index in [1.54, 1.807) is 41.5 Å². The normalized spacial score (nSPS) is 49.6. The van der Waals surface area contributed by atoms with E-state index in [0.29, 0.717) is 13.0 Å². The molecular formula is C38H72N2O12. The summed E-state index contributed by atoms with van der Waals surface area (Å²) < 4.78 is 37.5. The van der Waals surface area contributed by atoms with Crippen LogP contribution in [0.25, 0.3) is 0 Å². The van der Waals surface area contributed by atoms with Crippen molar-refractivity contribution in [2.24, 2.45) is 17.8 Å². The second kappa shape index (κ2) is 17.8. The minimum Gasteiger partial charge on any atom is -0.459 e. The molecule has 3 saturated heterocycles. The van der Waals surface area contributed by atoms with Crippen LogP contribution in [0.1, 0.15) is 94.9 Å². The second-order valence-electron chi connectivity index (χ2n) is 17.2. The van der Waals surface area contributed by atoms with Crippen molar-refractivity contribution in [3.63, 3.8) is 0 Å². The molecular weight excluding hydrogens is 676 g/mol. The van der Waals surface area contributed by atoms with E-state index in [1.165, 1.54) is 14.0 Å². The van der Waals surface area contributed by atoms with Gasteiger partial charge in [-0.25, -0.2) is 0 Å². The lowest BCUT2D eigenvalue weighted by atomic mass is 9.77. The molecule has 0 aliphatic carbocycles. The number of carbonyl (C=O) groups excluding carboxylic acids is 1. The highest BCUT2D eigenvalue weighted by Crippen LogP contribution is 2.40. The molecule has 0 radical (unpaired) electrons. The van der Waals surface area contributed by atoms with Crippen LogP contribution in [0.5, 0.6) is 0 Å². The van der Waals surface area contributed by atoms with E-state index in [1.807, 2.05) is 51.7 Å². The summed E-state index contributed by atoms with van der Waals surface area (Å²) in [7, 11) is 7.12. The molecule has 52 heavy (non-hydrogen) atoms. The number of methoxy groups -OCH3 is 1. The maximum absolute atomic E-state index is 14.2. The molecule has 14 heteroatoms. The SMILES string of the molecule is CC[C@H]1OC(=O)[C@H](C)[C@H](O[C@H]2C[C@@](C)(OC)[C@H](O)[C@H](C)O2)[C@H](C)[C@@H](O[C@@H]2O[C@H](C)C[C@H](N(C)C)[C@H]2O)[C@](C)(O)C[C@@H](C)CN(C)[C@H](C)[C@H](O)[C@]1(C)O. The summed E-state index contributed by atoms with van der Waals surface area (Å²) in [6, 6.07) is -0.808. The minimum absolute atomic E-state index is 0.133. The van der Waals surface area contributed by atoms with E-state index in [-0.39, 0.29) is 37.3 Å². The molecule has 0 bridgehead atoms. The first kappa shape index (κ1) is 45.4. The topological polar surface area (TPSA) is 180 Å². The third-order valence-corrected chi connectivity index (χ3v) is 12.2. The Kier molecular flexibility index (Phi) is 15.6. The Morgan fingerprint density at radius 2 is 1.56 bits per heavy atom. The maximum atomic E-state index is 14.2. The molecule has 3 fully saturated rings. The molecule has 0 amide bonds. The number of hydrogen-bond acceptors (Lipinski definition) is 14. The van der Waals surface area contributed by atoms with Crippen LogP contribution in [0, 0.1) is 17.8 Å². The zero-order valence-corrected chi connectivity index (χ0v) is 34.2. The fourth-order valence-electron chi connectivity index (χ4n) is 8.74. The van der Waals surface area contributed by atoms with Gasteiger partial charge >= 0.3 is 5.97 Å². The van der Waals surface area contributed by atoms with Gasteiger partial charge in [-0.1, -0.05) is 20.8 Å². The summed E-state index contributed by atoms with van der Waals surface area (Å²) in [5, 5.41) is 58.1. The lowest BCUT2D eigenvalue weighted by Crippen LogP contribution is -2.60. The predicted molar refractivity (Wildman–Crippen MR) is 194 cm³/mol. The van der Waals surface area contributed by atoms with Gasteiger partial charge in [-0.3, -0.25) is 4.79 Å². The van der Waals surface area contributed by atoms with Crippen molar-refractivity contribution in [1.82, 2.24) is 9.80 Å². The standard InChI is InChI=1S/C38H72N2O12/c1-15-27-38(10,46)31(42)24(6)40(13)19-20(2)17-36(8,45)33(52-35-29(41)26(39(11)12)16-21(3)48-35)22(4)30(23(5)34(44)50-27)51-28-18-37(9,47-14)32(43)25(7)49-28/h20-33,35,41-43,45-46H,15-19H2,1-14H3/t20-,21-,22+,23-,24-,25+,26+,27-,28+,29-,30-,31+,32-,33-,35+,36-,37-,38-/m1/s1. The third kappa shape index (κ3) is 10.0. The number of esters is 1. The van der Waals surface area contributed by atoms with E-state index >= 15 is 0 Å². The molecule has 5 N–H and O–H groups in total. The number of ether oxygens (including phenoxy) is 6. The summed E-state index contributed by atoms with van der Waals surface area (Å²) in [6.45, 7) is 18.0. The van der Waals surface area contributed by atoms with Crippen LogP contribution in [0.2, 0.25) is 0 Å².